The number of carbonyl (C=O) groups is 1. The van der Waals surface area contributed by atoms with Crippen molar-refractivity contribution in [3.63, 3.8) is 0 Å². The van der Waals surface area contributed by atoms with Gasteiger partial charge in [-0.2, -0.15) is 0 Å². The highest BCUT2D eigenvalue weighted by Crippen LogP contribution is 2.36. The van der Waals surface area contributed by atoms with Crippen LogP contribution in [0.4, 0.5) is 5.82 Å². The number of rotatable bonds is 6. The molecule has 0 saturated heterocycles. The zero-order chi connectivity index (χ0) is 17.8. The Morgan fingerprint density at radius 1 is 1.36 bits per heavy atom. The molecule has 9 heteroatoms. The Kier molecular flexibility index (Phi) is 5.30. The molecule has 0 aromatic carbocycles. The fourth-order valence-corrected chi connectivity index (χ4v) is 2.91. The standard InChI is InChI=1S/C16H18ClN5O3/c17-10-5-12(15(24)19-7-10)16(25)22-11-3-9(4-11)13-6-14(18-1-2-23)21-8-20-13/h5-9,11,23H,1-4H2,(H,19,24)(H,22,25)(H,18,20,21). The fraction of sp³-hybridized carbons (Fsp3) is 0.375. The molecule has 0 aliphatic heterocycles. The van der Waals surface area contributed by atoms with Gasteiger partial charge >= 0.3 is 0 Å². The number of anilines is 1. The second kappa shape index (κ2) is 7.62. The number of nitrogens with zero attached hydrogens (tertiary/aromatic N) is 2. The summed E-state index contributed by atoms with van der Waals surface area (Å²) in [6, 6.07) is 3.19. The van der Waals surface area contributed by atoms with Crippen LogP contribution >= 0.6 is 11.6 Å². The molecule has 0 unspecified atom stereocenters. The molecular formula is C16H18ClN5O3. The van der Waals surface area contributed by atoms with Crippen LogP contribution < -0.4 is 16.2 Å². The van der Waals surface area contributed by atoms with Crippen LogP contribution in [-0.2, 0) is 0 Å². The summed E-state index contributed by atoms with van der Waals surface area (Å²) in [5.74, 6) is 0.456. The second-order valence-electron chi connectivity index (χ2n) is 5.88. The number of hydrogen-bond acceptors (Lipinski definition) is 6. The first kappa shape index (κ1) is 17.4. The molecule has 0 spiro atoms. The number of aliphatic hydroxyl groups is 1. The van der Waals surface area contributed by atoms with E-state index in [1.54, 1.807) is 0 Å². The Morgan fingerprint density at radius 3 is 2.92 bits per heavy atom. The monoisotopic (exact) mass is 363 g/mol. The molecule has 1 aliphatic carbocycles. The van der Waals surface area contributed by atoms with E-state index in [1.807, 2.05) is 6.07 Å². The molecular weight excluding hydrogens is 346 g/mol. The molecule has 2 aromatic heterocycles. The number of aromatic amines is 1. The van der Waals surface area contributed by atoms with Crippen molar-refractivity contribution < 1.29 is 9.90 Å². The minimum Gasteiger partial charge on any atom is -0.395 e. The van der Waals surface area contributed by atoms with Crippen molar-refractivity contribution in [1.82, 2.24) is 20.3 Å². The number of H-pyrrole nitrogens is 1. The lowest BCUT2D eigenvalue weighted by Gasteiger charge is -2.35. The van der Waals surface area contributed by atoms with Gasteiger partial charge in [-0.05, 0) is 18.9 Å². The Balaban J connectivity index is 1.57. The zero-order valence-corrected chi connectivity index (χ0v) is 14.1. The van der Waals surface area contributed by atoms with Gasteiger partial charge in [0.1, 0.15) is 17.7 Å². The van der Waals surface area contributed by atoms with Crippen LogP contribution in [0.25, 0.3) is 0 Å². The van der Waals surface area contributed by atoms with E-state index in [0.717, 1.165) is 18.5 Å². The maximum Gasteiger partial charge on any atom is 0.260 e. The second-order valence-corrected chi connectivity index (χ2v) is 6.31. The van der Waals surface area contributed by atoms with Gasteiger partial charge in [-0.3, -0.25) is 9.59 Å². The summed E-state index contributed by atoms with van der Waals surface area (Å²) in [5.41, 5.74) is 0.434. The molecule has 1 aliphatic rings. The lowest BCUT2D eigenvalue weighted by atomic mass is 9.78. The van der Waals surface area contributed by atoms with Gasteiger partial charge in [0.2, 0.25) is 0 Å². The number of nitrogens with one attached hydrogen (secondary N) is 3. The number of pyridine rings is 1. The van der Waals surface area contributed by atoms with Gasteiger partial charge in [-0.1, -0.05) is 11.6 Å². The summed E-state index contributed by atoms with van der Waals surface area (Å²) in [7, 11) is 0. The van der Waals surface area contributed by atoms with E-state index >= 15 is 0 Å². The van der Waals surface area contributed by atoms with Crippen LogP contribution in [0.1, 0.15) is 34.8 Å². The van der Waals surface area contributed by atoms with Gasteiger partial charge in [0.05, 0.1) is 11.6 Å². The largest absolute Gasteiger partial charge is 0.395 e. The minimum atomic E-state index is -0.465. The van der Waals surface area contributed by atoms with Crippen LogP contribution in [0.2, 0.25) is 5.02 Å². The Labute approximate surface area is 148 Å². The van der Waals surface area contributed by atoms with Crippen molar-refractivity contribution in [3.05, 3.63) is 51.3 Å². The van der Waals surface area contributed by atoms with E-state index in [1.165, 1.54) is 18.6 Å². The Bertz CT molecular complexity index is 819. The first-order valence-corrected chi connectivity index (χ1v) is 8.30. The summed E-state index contributed by atoms with van der Waals surface area (Å²) >= 11 is 5.81. The molecule has 1 amide bonds. The normalized spacial score (nSPS) is 19.1. The summed E-state index contributed by atoms with van der Waals surface area (Å²) < 4.78 is 0. The lowest BCUT2D eigenvalue weighted by Crippen LogP contribution is -2.44. The summed E-state index contributed by atoms with van der Waals surface area (Å²) in [6.45, 7) is 0.452. The van der Waals surface area contributed by atoms with Crippen LogP contribution in [0, 0.1) is 0 Å². The molecule has 3 rings (SSSR count). The molecule has 2 aromatic rings. The van der Waals surface area contributed by atoms with E-state index in [0.29, 0.717) is 17.4 Å². The van der Waals surface area contributed by atoms with Crippen molar-refractivity contribution in [2.24, 2.45) is 0 Å². The maximum absolute atomic E-state index is 12.2. The van der Waals surface area contributed by atoms with Crippen molar-refractivity contribution in [1.29, 1.82) is 0 Å². The molecule has 2 heterocycles. The fourth-order valence-electron chi connectivity index (χ4n) is 2.74. The lowest BCUT2D eigenvalue weighted by molar-refractivity contribution is 0.0906. The number of halogens is 1. The maximum atomic E-state index is 12.2. The molecule has 0 radical (unpaired) electrons. The molecule has 4 N–H and O–H groups in total. The van der Waals surface area contributed by atoms with Crippen LogP contribution in [0.3, 0.4) is 0 Å². The van der Waals surface area contributed by atoms with E-state index < -0.39 is 11.5 Å². The third-order valence-corrected chi connectivity index (χ3v) is 4.33. The topological polar surface area (TPSA) is 120 Å². The van der Waals surface area contributed by atoms with E-state index in [9.17, 15) is 9.59 Å². The minimum absolute atomic E-state index is 0.00785. The summed E-state index contributed by atoms with van der Waals surface area (Å²) in [6.07, 6.45) is 4.30. The van der Waals surface area contributed by atoms with Crippen LogP contribution in [0.15, 0.2) is 29.5 Å². The van der Waals surface area contributed by atoms with E-state index in [4.69, 9.17) is 16.7 Å². The molecule has 132 valence electrons. The number of hydrogen-bond donors (Lipinski definition) is 4. The molecule has 25 heavy (non-hydrogen) atoms. The van der Waals surface area contributed by atoms with Gasteiger partial charge in [0.15, 0.2) is 0 Å². The van der Waals surface area contributed by atoms with Gasteiger partial charge in [-0.25, -0.2) is 9.97 Å². The SMILES string of the molecule is O=C(NC1CC(c2cc(NCCO)ncn2)C1)c1cc(Cl)c[nH]c1=O. The number of carbonyl (C=O) groups excluding carboxylic acids is 1. The quantitative estimate of drug-likeness (QED) is 0.605. The van der Waals surface area contributed by atoms with Crippen molar-refractivity contribution >= 4 is 23.3 Å². The number of aromatic nitrogens is 3. The van der Waals surface area contributed by atoms with Gasteiger partial charge in [0, 0.05) is 36.5 Å². The Morgan fingerprint density at radius 2 is 2.16 bits per heavy atom. The predicted molar refractivity (Wildman–Crippen MR) is 92.9 cm³/mol. The van der Waals surface area contributed by atoms with Gasteiger partial charge in [-0.15, -0.1) is 0 Å². The predicted octanol–water partition coefficient (Wildman–Crippen LogP) is 0.898. The molecule has 1 saturated carbocycles. The third kappa shape index (κ3) is 4.15. The van der Waals surface area contributed by atoms with E-state index in [2.05, 4.69) is 25.6 Å². The molecule has 0 atom stereocenters. The average molecular weight is 364 g/mol. The number of aliphatic hydroxyl groups excluding tert-OH is 1. The first-order chi connectivity index (χ1) is 12.1. The molecule has 1 fully saturated rings. The molecule has 8 nitrogen and oxygen atoms in total. The summed E-state index contributed by atoms with van der Waals surface area (Å²) in [4.78, 5) is 34.7. The first-order valence-electron chi connectivity index (χ1n) is 7.92. The average Bonchev–Trinajstić information content (AvgIpc) is 2.58. The highest BCUT2D eigenvalue weighted by Gasteiger charge is 2.33. The van der Waals surface area contributed by atoms with E-state index in [-0.39, 0.29) is 24.1 Å². The smallest absolute Gasteiger partial charge is 0.260 e. The van der Waals surface area contributed by atoms with Crippen molar-refractivity contribution in [3.8, 4) is 0 Å². The highest BCUT2D eigenvalue weighted by atomic mass is 35.5. The van der Waals surface area contributed by atoms with Crippen molar-refractivity contribution in [2.45, 2.75) is 24.8 Å². The van der Waals surface area contributed by atoms with Gasteiger partial charge in [0.25, 0.3) is 11.5 Å². The van der Waals surface area contributed by atoms with Crippen LogP contribution in [-0.4, -0.2) is 45.2 Å². The Hall–Kier alpha value is -2.45. The molecule has 0 bridgehead atoms. The highest BCUT2D eigenvalue weighted by molar-refractivity contribution is 6.30. The van der Waals surface area contributed by atoms with Crippen LogP contribution in [0.5, 0.6) is 0 Å². The van der Waals surface area contributed by atoms with Gasteiger partial charge < -0.3 is 20.7 Å². The third-order valence-electron chi connectivity index (χ3n) is 4.11. The zero-order valence-electron chi connectivity index (χ0n) is 13.3. The summed E-state index contributed by atoms with van der Waals surface area (Å²) in [5, 5.41) is 15.0. The number of amides is 1. The van der Waals surface area contributed by atoms with Crippen molar-refractivity contribution in [2.75, 3.05) is 18.5 Å².